The van der Waals surface area contributed by atoms with Crippen LogP contribution in [0.2, 0.25) is 0 Å². The summed E-state index contributed by atoms with van der Waals surface area (Å²) in [5.41, 5.74) is 0.628. The molecule has 0 radical (unpaired) electrons. The van der Waals surface area contributed by atoms with E-state index < -0.39 is 6.10 Å². The molecule has 2 N–H and O–H groups in total. The lowest BCUT2D eigenvalue weighted by Crippen LogP contribution is -2.32. The smallest absolute Gasteiger partial charge is 0.227 e. The zero-order valence-electron chi connectivity index (χ0n) is 13.4. The van der Waals surface area contributed by atoms with E-state index in [1.54, 1.807) is 12.3 Å². The SMILES string of the molecule is CC(C)CC(O)CNC(=O)CCc1nc(-c2ccccn2)no1. The summed E-state index contributed by atoms with van der Waals surface area (Å²) >= 11 is 0. The van der Waals surface area contributed by atoms with E-state index in [1.165, 1.54) is 0 Å². The Morgan fingerprint density at radius 2 is 2.22 bits per heavy atom. The molecule has 1 amide bonds. The van der Waals surface area contributed by atoms with Crippen LogP contribution in [0.5, 0.6) is 0 Å². The lowest BCUT2D eigenvalue weighted by atomic mass is 10.1. The lowest BCUT2D eigenvalue weighted by molar-refractivity contribution is -0.121. The maximum absolute atomic E-state index is 11.8. The van der Waals surface area contributed by atoms with E-state index in [2.05, 4.69) is 20.4 Å². The minimum Gasteiger partial charge on any atom is -0.391 e. The fraction of sp³-hybridized carbons (Fsp3) is 0.500. The Labute approximate surface area is 135 Å². The Morgan fingerprint density at radius 1 is 1.39 bits per heavy atom. The number of amides is 1. The Bertz CT molecular complexity index is 613. The van der Waals surface area contributed by atoms with Gasteiger partial charge >= 0.3 is 0 Å². The molecule has 0 saturated heterocycles. The number of pyridine rings is 1. The largest absolute Gasteiger partial charge is 0.391 e. The molecule has 0 saturated carbocycles. The molecule has 0 spiro atoms. The summed E-state index contributed by atoms with van der Waals surface area (Å²) < 4.78 is 5.12. The zero-order valence-corrected chi connectivity index (χ0v) is 13.4. The summed E-state index contributed by atoms with van der Waals surface area (Å²) in [6.45, 7) is 4.32. The van der Waals surface area contributed by atoms with Gasteiger partial charge in [0.25, 0.3) is 0 Å². The second-order valence-corrected chi connectivity index (χ2v) is 5.81. The topological polar surface area (TPSA) is 101 Å². The molecule has 1 atom stereocenters. The minimum atomic E-state index is -0.516. The molecule has 23 heavy (non-hydrogen) atoms. The Hall–Kier alpha value is -2.28. The molecule has 0 fully saturated rings. The van der Waals surface area contributed by atoms with Crippen molar-refractivity contribution in [3.05, 3.63) is 30.3 Å². The average molecular weight is 318 g/mol. The minimum absolute atomic E-state index is 0.148. The predicted molar refractivity (Wildman–Crippen MR) is 84.3 cm³/mol. The van der Waals surface area contributed by atoms with Gasteiger partial charge in [-0.2, -0.15) is 4.98 Å². The highest BCUT2D eigenvalue weighted by Gasteiger charge is 2.12. The van der Waals surface area contributed by atoms with Gasteiger partial charge in [0.1, 0.15) is 5.69 Å². The second kappa shape index (κ2) is 8.38. The predicted octanol–water partition coefficient (Wildman–Crippen LogP) is 1.59. The van der Waals surface area contributed by atoms with Crippen molar-refractivity contribution in [2.45, 2.75) is 39.2 Å². The highest BCUT2D eigenvalue weighted by atomic mass is 16.5. The summed E-state index contributed by atoms with van der Waals surface area (Å²) in [4.78, 5) is 20.1. The maximum atomic E-state index is 11.8. The van der Waals surface area contributed by atoms with Crippen molar-refractivity contribution < 1.29 is 14.4 Å². The molecule has 0 aliphatic carbocycles. The van der Waals surface area contributed by atoms with Crippen molar-refractivity contribution >= 4 is 5.91 Å². The molecule has 0 aliphatic heterocycles. The number of aryl methyl sites for hydroxylation is 1. The van der Waals surface area contributed by atoms with Crippen LogP contribution in [0.4, 0.5) is 0 Å². The van der Waals surface area contributed by atoms with Crippen LogP contribution in [0, 0.1) is 5.92 Å². The highest BCUT2D eigenvalue weighted by molar-refractivity contribution is 5.76. The van der Waals surface area contributed by atoms with Crippen LogP contribution in [0.25, 0.3) is 11.5 Å². The molecule has 2 aromatic heterocycles. The van der Waals surface area contributed by atoms with E-state index in [9.17, 15) is 9.90 Å². The van der Waals surface area contributed by atoms with Gasteiger partial charge in [-0.25, -0.2) is 0 Å². The zero-order chi connectivity index (χ0) is 16.7. The van der Waals surface area contributed by atoms with E-state index >= 15 is 0 Å². The van der Waals surface area contributed by atoms with Gasteiger partial charge < -0.3 is 14.9 Å². The van der Waals surface area contributed by atoms with Crippen molar-refractivity contribution in [3.8, 4) is 11.5 Å². The van der Waals surface area contributed by atoms with Crippen LogP contribution in [-0.2, 0) is 11.2 Å². The van der Waals surface area contributed by atoms with Crippen molar-refractivity contribution in [1.82, 2.24) is 20.4 Å². The first kappa shape index (κ1) is 17.1. The summed E-state index contributed by atoms with van der Waals surface area (Å²) in [6.07, 6.45) is 2.39. The number of nitrogens with one attached hydrogen (secondary N) is 1. The van der Waals surface area contributed by atoms with Crippen LogP contribution < -0.4 is 5.32 Å². The molecule has 1 unspecified atom stereocenters. The number of aliphatic hydroxyl groups is 1. The van der Waals surface area contributed by atoms with Gasteiger partial charge in [0, 0.05) is 25.6 Å². The van der Waals surface area contributed by atoms with Gasteiger partial charge in [-0.05, 0) is 24.5 Å². The lowest BCUT2D eigenvalue weighted by Gasteiger charge is -2.13. The Kier molecular flexibility index (Phi) is 6.22. The maximum Gasteiger partial charge on any atom is 0.227 e. The number of aromatic nitrogens is 3. The number of rotatable bonds is 8. The van der Waals surface area contributed by atoms with E-state index in [0.29, 0.717) is 36.2 Å². The quantitative estimate of drug-likeness (QED) is 0.766. The molecular weight excluding hydrogens is 296 g/mol. The number of carbonyl (C=O) groups excluding carboxylic acids is 1. The normalized spacial score (nSPS) is 12.3. The average Bonchev–Trinajstić information content (AvgIpc) is 3.00. The van der Waals surface area contributed by atoms with Gasteiger partial charge in [-0.3, -0.25) is 9.78 Å². The van der Waals surface area contributed by atoms with Gasteiger partial charge in [-0.15, -0.1) is 0 Å². The molecule has 7 heteroatoms. The van der Waals surface area contributed by atoms with Crippen LogP contribution in [0.3, 0.4) is 0 Å². The van der Waals surface area contributed by atoms with E-state index in [1.807, 2.05) is 26.0 Å². The van der Waals surface area contributed by atoms with E-state index in [0.717, 1.165) is 0 Å². The number of hydrogen-bond donors (Lipinski definition) is 2. The second-order valence-electron chi connectivity index (χ2n) is 5.81. The third-order valence-electron chi connectivity index (χ3n) is 3.21. The van der Waals surface area contributed by atoms with Crippen LogP contribution in [0.15, 0.2) is 28.9 Å². The third-order valence-corrected chi connectivity index (χ3v) is 3.21. The fourth-order valence-electron chi connectivity index (χ4n) is 2.12. The van der Waals surface area contributed by atoms with Gasteiger partial charge in [0.05, 0.1) is 6.10 Å². The molecule has 0 bridgehead atoms. The van der Waals surface area contributed by atoms with Crippen molar-refractivity contribution in [3.63, 3.8) is 0 Å². The van der Waals surface area contributed by atoms with Crippen LogP contribution in [0.1, 0.15) is 32.6 Å². The third kappa shape index (κ3) is 5.78. The van der Waals surface area contributed by atoms with E-state index in [-0.39, 0.29) is 18.9 Å². The standard InChI is InChI=1S/C16H22N4O3/c1-11(2)9-12(21)10-18-14(22)6-7-15-19-16(20-23-15)13-5-3-4-8-17-13/h3-5,8,11-12,21H,6-7,9-10H2,1-2H3,(H,18,22). The first-order valence-corrected chi connectivity index (χ1v) is 7.73. The number of aliphatic hydroxyl groups excluding tert-OH is 1. The molecule has 0 aliphatic rings. The molecule has 7 nitrogen and oxygen atoms in total. The number of carbonyl (C=O) groups is 1. The molecule has 2 rings (SSSR count). The Morgan fingerprint density at radius 3 is 2.91 bits per heavy atom. The Balaban J connectivity index is 1.76. The molecule has 2 heterocycles. The van der Waals surface area contributed by atoms with E-state index in [4.69, 9.17) is 4.52 Å². The highest BCUT2D eigenvalue weighted by Crippen LogP contribution is 2.12. The summed E-state index contributed by atoms with van der Waals surface area (Å²) in [7, 11) is 0. The van der Waals surface area contributed by atoms with Crippen LogP contribution in [-0.4, -0.2) is 38.8 Å². The molecule has 2 aromatic rings. The first-order valence-electron chi connectivity index (χ1n) is 7.73. The molecule has 124 valence electrons. The fourth-order valence-corrected chi connectivity index (χ4v) is 2.12. The molecular formula is C16H22N4O3. The van der Waals surface area contributed by atoms with Crippen molar-refractivity contribution in [2.24, 2.45) is 5.92 Å². The first-order chi connectivity index (χ1) is 11.0. The van der Waals surface area contributed by atoms with Gasteiger partial charge in [0.15, 0.2) is 0 Å². The van der Waals surface area contributed by atoms with Crippen molar-refractivity contribution in [1.29, 1.82) is 0 Å². The number of nitrogens with zero attached hydrogens (tertiary/aromatic N) is 3. The summed E-state index contributed by atoms with van der Waals surface area (Å²) in [5.74, 6) is 1.05. The number of hydrogen-bond acceptors (Lipinski definition) is 6. The summed E-state index contributed by atoms with van der Waals surface area (Å²) in [6, 6.07) is 5.44. The van der Waals surface area contributed by atoms with Crippen LogP contribution >= 0.6 is 0 Å². The molecule has 0 aromatic carbocycles. The van der Waals surface area contributed by atoms with Gasteiger partial charge in [0.2, 0.25) is 17.6 Å². The summed E-state index contributed by atoms with van der Waals surface area (Å²) in [5, 5.41) is 16.3. The van der Waals surface area contributed by atoms with Crippen molar-refractivity contribution in [2.75, 3.05) is 6.54 Å². The monoisotopic (exact) mass is 318 g/mol. The van der Waals surface area contributed by atoms with Gasteiger partial charge in [-0.1, -0.05) is 25.1 Å².